The van der Waals surface area contributed by atoms with Crippen LogP contribution in [0.4, 0.5) is 0 Å². The second-order valence-corrected chi connectivity index (χ2v) is 11.1. The molecular formula is C27H33OP. The minimum absolute atomic E-state index is 0.655. The summed E-state index contributed by atoms with van der Waals surface area (Å²) in [5.41, 5.74) is 7.53. The molecular weight excluding hydrogens is 371 g/mol. The number of hydrogen-bond donors (Lipinski definition) is 0. The minimum atomic E-state index is -2.46. The van der Waals surface area contributed by atoms with Crippen LogP contribution in [0.1, 0.15) is 54.2 Å². The van der Waals surface area contributed by atoms with Crippen molar-refractivity contribution >= 4 is 7.14 Å². The van der Waals surface area contributed by atoms with E-state index in [9.17, 15) is 4.57 Å². The van der Waals surface area contributed by atoms with E-state index in [4.69, 9.17) is 0 Å². The van der Waals surface area contributed by atoms with Gasteiger partial charge in [-0.05, 0) is 52.6 Å². The van der Waals surface area contributed by atoms with Gasteiger partial charge in [-0.3, -0.25) is 0 Å². The van der Waals surface area contributed by atoms with Crippen molar-refractivity contribution in [2.75, 3.05) is 0 Å². The Morgan fingerprint density at radius 3 is 0.862 bits per heavy atom. The summed E-state index contributed by atoms with van der Waals surface area (Å²) in [6, 6.07) is 26.0. The quantitative estimate of drug-likeness (QED) is 0.335. The molecule has 0 fully saturated rings. The third-order valence-corrected chi connectivity index (χ3v) is 8.53. The Bertz CT molecular complexity index is 810. The van der Waals surface area contributed by atoms with Gasteiger partial charge in [0.2, 0.25) is 0 Å². The Morgan fingerprint density at radius 2 is 0.655 bits per heavy atom. The molecule has 29 heavy (non-hydrogen) atoms. The van der Waals surface area contributed by atoms with Crippen LogP contribution in [-0.4, -0.2) is 0 Å². The van der Waals surface area contributed by atoms with Crippen LogP contribution in [0.2, 0.25) is 0 Å². The van der Waals surface area contributed by atoms with Crippen LogP contribution in [0.15, 0.2) is 72.8 Å². The molecule has 3 rings (SSSR count). The average Bonchev–Trinajstić information content (AvgIpc) is 2.75. The topological polar surface area (TPSA) is 17.1 Å². The van der Waals surface area contributed by atoms with Gasteiger partial charge >= 0.3 is 0 Å². The van der Waals surface area contributed by atoms with Crippen LogP contribution in [0, 0.1) is 0 Å². The van der Waals surface area contributed by atoms with E-state index in [2.05, 4.69) is 93.6 Å². The summed E-state index contributed by atoms with van der Waals surface area (Å²) >= 11 is 0. The summed E-state index contributed by atoms with van der Waals surface area (Å²) in [6.45, 7) is 6.50. The van der Waals surface area contributed by atoms with Crippen molar-refractivity contribution in [3.8, 4) is 0 Å². The molecule has 3 aromatic carbocycles. The van der Waals surface area contributed by atoms with Gasteiger partial charge in [0.15, 0.2) is 0 Å². The molecule has 0 heterocycles. The van der Waals surface area contributed by atoms with Gasteiger partial charge in [-0.25, -0.2) is 0 Å². The number of benzene rings is 3. The molecule has 3 aromatic rings. The summed E-state index contributed by atoms with van der Waals surface area (Å²) in [5.74, 6) is 0. The van der Waals surface area contributed by atoms with Crippen molar-refractivity contribution in [1.29, 1.82) is 0 Å². The van der Waals surface area contributed by atoms with Crippen LogP contribution < -0.4 is 0 Å². The van der Waals surface area contributed by atoms with Crippen molar-refractivity contribution in [2.45, 2.75) is 58.5 Å². The summed E-state index contributed by atoms with van der Waals surface area (Å²) in [4.78, 5) is 0. The first-order valence-corrected chi connectivity index (χ1v) is 13.1. The van der Waals surface area contributed by atoms with Crippen molar-refractivity contribution in [1.82, 2.24) is 0 Å². The van der Waals surface area contributed by atoms with E-state index < -0.39 is 7.14 Å². The number of aryl methyl sites for hydroxylation is 3. The molecule has 0 saturated carbocycles. The van der Waals surface area contributed by atoms with Crippen LogP contribution in [0.5, 0.6) is 0 Å². The van der Waals surface area contributed by atoms with Gasteiger partial charge in [0, 0.05) is 18.5 Å². The Morgan fingerprint density at radius 1 is 0.448 bits per heavy atom. The van der Waals surface area contributed by atoms with Crippen molar-refractivity contribution in [3.63, 3.8) is 0 Å². The Hall–Kier alpha value is -2.11. The summed E-state index contributed by atoms with van der Waals surface area (Å²) in [5, 5.41) is 0. The molecule has 0 aliphatic rings. The molecule has 0 N–H and O–H groups in total. The van der Waals surface area contributed by atoms with E-state index in [1.54, 1.807) is 0 Å². The lowest BCUT2D eigenvalue weighted by Gasteiger charge is -2.20. The predicted molar refractivity (Wildman–Crippen MR) is 126 cm³/mol. The van der Waals surface area contributed by atoms with Crippen LogP contribution in [0.25, 0.3) is 0 Å². The molecule has 0 aliphatic carbocycles. The molecule has 0 bridgehead atoms. The van der Waals surface area contributed by atoms with Gasteiger partial charge in [0.1, 0.15) is 7.14 Å². The van der Waals surface area contributed by atoms with Crippen molar-refractivity contribution < 1.29 is 4.57 Å². The van der Waals surface area contributed by atoms with Crippen LogP contribution in [-0.2, 0) is 42.3 Å². The molecule has 0 atom stereocenters. The smallest absolute Gasteiger partial charge is 0.100 e. The van der Waals surface area contributed by atoms with E-state index in [0.29, 0.717) is 18.5 Å². The maximum Gasteiger partial charge on any atom is 0.100 e. The second kappa shape index (κ2) is 10.1. The average molecular weight is 405 g/mol. The van der Waals surface area contributed by atoms with Gasteiger partial charge < -0.3 is 4.57 Å². The van der Waals surface area contributed by atoms with Gasteiger partial charge in [0.25, 0.3) is 0 Å². The highest BCUT2D eigenvalue weighted by Crippen LogP contribution is 2.55. The zero-order valence-electron chi connectivity index (χ0n) is 18.0. The molecule has 2 heteroatoms. The van der Waals surface area contributed by atoms with E-state index in [0.717, 1.165) is 19.3 Å². The van der Waals surface area contributed by atoms with E-state index in [-0.39, 0.29) is 0 Å². The molecule has 0 amide bonds. The fourth-order valence-corrected chi connectivity index (χ4v) is 6.77. The highest BCUT2D eigenvalue weighted by atomic mass is 31.2. The third-order valence-electron chi connectivity index (χ3n) is 5.71. The molecule has 1 nitrogen and oxygen atoms in total. The standard InChI is InChI=1S/C27H33OP/c1-4-22-7-13-25(14-8-22)19-29(28,20-26-15-9-23(5-2)10-16-26)21-27-17-11-24(6-3)12-18-27/h7-18H,4-6,19-21H2,1-3H3. The number of rotatable bonds is 9. The number of hydrogen-bond acceptors (Lipinski definition) is 1. The Balaban J connectivity index is 1.85. The molecule has 0 aliphatic heterocycles. The highest BCUT2D eigenvalue weighted by molar-refractivity contribution is 7.61. The van der Waals surface area contributed by atoms with Gasteiger partial charge in [-0.2, -0.15) is 0 Å². The molecule has 0 spiro atoms. The maximum absolute atomic E-state index is 14.2. The summed E-state index contributed by atoms with van der Waals surface area (Å²) in [7, 11) is -2.46. The SMILES string of the molecule is CCc1ccc(CP(=O)(Cc2ccc(CC)cc2)Cc2ccc(CC)cc2)cc1. The molecule has 0 saturated heterocycles. The van der Waals surface area contributed by atoms with Gasteiger partial charge in [0.05, 0.1) is 0 Å². The first-order chi connectivity index (χ1) is 14.0. The normalized spacial score (nSPS) is 11.6. The third kappa shape index (κ3) is 6.18. The zero-order valence-corrected chi connectivity index (χ0v) is 18.9. The van der Waals surface area contributed by atoms with Crippen molar-refractivity contribution in [3.05, 3.63) is 106 Å². The summed E-state index contributed by atoms with van der Waals surface area (Å²) in [6.07, 6.45) is 5.06. The maximum atomic E-state index is 14.2. The highest BCUT2D eigenvalue weighted by Gasteiger charge is 2.24. The lowest BCUT2D eigenvalue weighted by atomic mass is 10.1. The molecule has 0 aromatic heterocycles. The Labute approximate surface area is 176 Å². The first kappa shape index (κ1) is 21.6. The molecule has 152 valence electrons. The van der Waals surface area contributed by atoms with Gasteiger partial charge in [-0.15, -0.1) is 0 Å². The molecule has 0 radical (unpaired) electrons. The first-order valence-electron chi connectivity index (χ1n) is 10.8. The Kier molecular flexibility index (Phi) is 7.51. The lowest BCUT2D eigenvalue weighted by molar-refractivity contribution is 0.572. The largest absolute Gasteiger partial charge is 0.323 e. The second-order valence-electron chi connectivity index (χ2n) is 8.04. The zero-order chi connectivity index (χ0) is 20.7. The fourth-order valence-electron chi connectivity index (χ4n) is 3.81. The van der Waals surface area contributed by atoms with Crippen LogP contribution in [0.3, 0.4) is 0 Å². The van der Waals surface area contributed by atoms with E-state index in [1.165, 1.54) is 33.4 Å². The molecule has 0 unspecified atom stereocenters. The van der Waals surface area contributed by atoms with E-state index >= 15 is 0 Å². The monoisotopic (exact) mass is 404 g/mol. The van der Waals surface area contributed by atoms with Crippen LogP contribution >= 0.6 is 7.14 Å². The minimum Gasteiger partial charge on any atom is -0.323 e. The van der Waals surface area contributed by atoms with Crippen molar-refractivity contribution in [2.24, 2.45) is 0 Å². The van der Waals surface area contributed by atoms with E-state index in [1.807, 2.05) is 0 Å². The van der Waals surface area contributed by atoms with Gasteiger partial charge in [-0.1, -0.05) is 93.6 Å². The summed E-state index contributed by atoms with van der Waals surface area (Å²) < 4.78 is 14.2. The lowest BCUT2D eigenvalue weighted by Crippen LogP contribution is -1.99. The fraction of sp³-hybridized carbons (Fsp3) is 0.333. The predicted octanol–water partition coefficient (Wildman–Crippen LogP) is 7.64.